The number of likely N-dealkylation sites (tertiary alicyclic amines) is 1. The Bertz CT molecular complexity index is 417. The van der Waals surface area contributed by atoms with Crippen LogP contribution in [0.5, 0.6) is 0 Å². The second-order valence-corrected chi connectivity index (χ2v) is 5.14. The number of benzene rings is 1. The van der Waals surface area contributed by atoms with Crippen molar-refractivity contribution in [3.05, 3.63) is 35.4 Å². The molecule has 3 heteroatoms. The molecule has 0 saturated carbocycles. The van der Waals surface area contributed by atoms with Crippen molar-refractivity contribution >= 4 is 5.97 Å². The molecule has 1 fully saturated rings. The van der Waals surface area contributed by atoms with Crippen LogP contribution in [0.1, 0.15) is 42.1 Å². The minimum absolute atomic E-state index is 0.441. The minimum atomic E-state index is -0.824. The first-order valence-corrected chi connectivity index (χ1v) is 6.74. The zero-order valence-corrected chi connectivity index (χ0v) is 10.9. The quantitative estimate of drug-likeness (QED) is 0.869. The van der Waals surface area contributed by atoms with Gasteiger partial charge in [-0.05, 0) is 36.9 Å². The van der Waals surface area contributed by atoms with E-state index < -0.39 is 5.97 Å². The van der Waals surface area contributed by atoms with E-state index in [9.17, 15) is 4.79 Å². The topological polar surface area (TPSA) is 40.5 Å². The maximum absolute atomic E-state index is 11.1. The van der Waals surface area contributed by atoms with Crippen molar-refractivity contribution in [2.24, 2.45) is 5.92 Å². The third kappa shape index (κ3) is 3.10. The Morgan fingerprint density at radius 3 is 2.94 bits per heavy atom. The highest BCUT2D eigenvalue weighted by Gasteiger charge is 2.22. The summed E-state index contributed by atoms with van der Waals surface area (Å²) in [4.78, 5) is 13.5. The van der Waals surface area contributed by atoms with Gasteiger partial charge in [-0.15, -0.1) is 0 Å². The fraction of sp³-hybridized carbons (Fsp3) is 0.533. The lowest BCUT2D eigenvalue weighted by Gasteiger charge is -2.17. The van der Waals surface area contributed by atoms with Crippen LogP contribution >= 0.6 is 0 Å². The Balaban J connectivity index is 2.00. The van der Waals surface area contributed by atoms with E-state index in [4.69, 9.17) is 5.11 Å². The summed E-state index contributed by atoms with van der Waals surface area (Å²) < 4.78 is 0. The van der Waals surface area contributed by atoms with Gasteiger partial charge >= 0.3 is 5.97 Å². The zero-order chi connectivity index (χ0) is 13.0. The molecular formula is C15H21NO2. The van der Waals surface area contributed by atoms with E-state index in [-0.39, 0.29) is 0 Å². The number of nitrogens with zero attached hydrogens (tertiary/aromatic N) is 1. The first-order valence-electron chi connectivity index (χ1n) is 6.74. The van der Waals surface area contributed by atoms with Gasteiger partial charge in [-0.1, -0.05) is 31.5 Å². The molecule has 1 aliphatic rings. The predicted octanol–water partition coefficient (Wildman–Crippen LogP) is 3.01. The number of carboxylic acids is 1. The van der Waals surface area contributed by atoms with Gasteiger partial charge < -0.3 is 5.11 Å². The molecule has 2 rings (SSSR count). The van der Waals surface area contributed by atoms with Gasteiger partial charge in [-0.25, -0.2) is 4.79 Å². The van der Waals surface area contributed by atoms with E-state index in [0.717, 1.165) is 31.1 Å². The molecule has 0 radical (unpaired) electrons. The van der Waals surface area contributed by atoms with Crippen molar-refractivity contribution in [2.45, 2.75) is 32.7 Å². The smallest absolute Gasteiger partial charge is 0.336 e. The van der Waals surface area contributed by atoms with Crippen LogP contribution in [0.15, 0.2) is 24.3 Å². The summed E-state index contributed by atoms with van der Waals surface area (Å²) in [5.41, 5.74) is 1.37. The molecule has 98 valence electrons. The van der Waals surface area contributed by atoms with E-state index in [1.165, 1.54) is 19.3 Å². The molecule has 0 aromatic heterocycles. The highest BCUT2D eigenvalue weighted by Crippen LogP contribution is 2.23. The molecule has 1 aromatic carbocycles. The van der Waals surface area contributed by atoms with Gasteiger partial charge in [0.25, 0.3) is 0 Å². The Morgan fingerprint density at radius 1 is 1.44 bits per heavy atom. The molecule has 0 bridgehead atoms. The molecule has 1 saturated heterocycles. The summed E-state index contributed by atoms with van der Waals surface area (Å²) in [5, 5.41) is 9.16. The van der Waals surface area contributed by atoms with E-state index in [0.29, 0.717) is 5.56 Å². The van der Waals surface area contributed by atoms with E-state index >= 15 is 0 Å². The summed E-state index contributed by atoms with van der Waals surface area (Å²) in [7, 11) is 0. The van der Waals surface area contributed by atoms with Gasteiger partial charge in [-0.3, -0.25) is 4.90 Å². The lowest BCUT2D eigenvalue weighted by atomic mass is 10.0. The molecule has 1 N–H and O–H groups in total. The van der Waals surface area contributed by atoms with Crippen molar-refractivity contribution in [3.63, 3.8) is 0 Å². The second kappa shape index (κ2) is 6.01. The fourth-order valence-corrected chi connectivity index (χ4v) is 2.81. The highest BCUT2D eigenvalue weighted by atomic mass is 16.4. The largest absolute Gasteiger partial charge is 0.478 e. The lowest BCUT2D eigenvalue weighted by Crippen LogP contribution is -2.21. The van der Waals surface area contributed by atoms with Crippen molar-refractivity contribution in [3.8, 4) is 0 Å². The summed E-state index contributed by atoms with van der Waals surface area (Å²) in [5.74, 6) is -0.0260. The third-order valence-corrected chi connectivity index (χ3v) is 3.71. The summed E-state index contributed by atoms with van der Waals surface area (Å²) in [6, 6.07) is 7.33. The highest BCUT2D eigenvalue weighted by molar-refractivity contribution is 5.89. The van der Waals surface area contributed by atoms with Gasteiger partial charge in [0.2, 0.25) is 0 Å². The molecule has 18 heavy (non-hydrogen) atoms. The number of aromatic carboxylic acids is 1. The predicted molar refractivity (Wildman–Crippen MR) is 71.7 cm³/mol. The second-order valence-electron chi connectivity index (χ2n) is 5.14. The zero-order valence-electron chi connectivity index (χ0n) is 10.9. The van der Waals surface area contributed by atoms with Gasteiger partial charge in [0.15, 0.2) is 0 Å². The Labute approximate surface area is 108 Å². The standard InChI is InChI=1S/C15H21NO2/c1-2-5-12-8-9-16(10-12)11-13-6-3-4-7-14(13)15(17)18/h3-4,6-7,12H,2,5,8-11H2,1H3,(H,17,18). The van der Waals surface area contributed by atoms with Crippen LogP contribution in [0.4, 0.5) is 0 Å². The Morgan fingerprint density at radius 2 is 2.22 bits per heavy atom. The van der Waals surface area contributed by atoms with Crippen LogP contribution in [-0.4, -0.2) is 29.1 Å². The number of hydrogen-bond acceptors (Lipinski definition) is 2. The van der Waals surface area contributed by atoms with Crippen LogP contribution in [0.3, 0.4) is 0 Å². The molecule has 0 spiro atoms. The molecule has 1 unspecified atom stereocenters. The van der Waals surface area contributed by atoms with Crippen LogP contribution < -0.4 is 0 Å². The van der Waals surface area contributed by atoms with Crippen molar-refractivity contribution in [2.75, 3.05) is 13.1 Å². The molecule has 3 nitrogen and oxygen atoms in total. The Hall–Kier alpha value is -1.35. The van der Waals surface area contributed by atoms with Gasteiger partial charge in [0.05, 0.1) is 5.56 Å². The van der Waals surface area contributed by atoms with E-state index in [1.807, 2.05) is 12.1 Å². The lowest BCUT2D eigenvalue weighted by molar-refractivity contribution is 0.0694. The number of carboxylic acid groups (broad SMARTS) is 1. The maximum atomic E-state index is 11.1. The molecular weight excluding hydrogens is 226 g/mol. The molecule has 0 aliphatic carbocycles. The minimum Gasteiger partial charge on any atom is -0.478 e. The monoisotopic (exact) mass is 247 g/mol. The average Bonchev–Trinajstić information content (AvgIpc) is 2.77. The summed E-state index contributed by atoms with van der Waals surface area (Å²) in [6.07, 6.45) is 3.78. The van der Waals surface area contributed by atoms with Gasteiger partial charge in [-0.2, -0.15) is 0 Å². The van der Waals surface area contributed by atoms with Gasteiger partial charge in [0, 0.05) is 13.1 Å². The van der Waals surface area contributed by atoms with Crippen LogP contribution in [0, 0.1) is 5.92 Å². The third-order valence-electron chi connectivity index (χ3n) is 3.71. The normalized spacial score (nSPS) is 20.2. The summed E-state index contributed by atoms with van der Waals surface area (Å²) in [6.45, 7) is 5.20. The van der Waals surface area contributed by atoms with Crippen LogP contribution in [0.25, 0.3) is 0 Å². The van der Waals surface area contributed by atoms with Crippen LogP contribution in [0.2, 0.25) is 0 Å². The number of rotatable bonds is 5. The summed E-state index contributed by atoms with van der Waals surface area (Å²) >= 11 is 0. The van der Waals surface area contributed by atoms with Crippen molar-refractivity contribution in [1.82, 2.24) is 4.90 Å². The first kappa shape index (κ1) is 13.1. The van der Waals surface area contributed by atoms with E-state index in [1.54, 1.807) is 12.1 Å². The molecule has 1 heterocycles. The molecule has 1 aliphatic heterocycles. The van der Waals surface area contributed by atoms with Gasteiger partial charge in [0.1, 0.15) is 0 Å². The van der Waals surface area contributed by atoms with Crippen LogP contribution in [-0.2, 0) is 6.54 Å². The van der Waals surface area contributed by atoms with Crippen molar-refractivity contribution in [1.29, 1.82) is 0 Å². The molecule has 1 aromatic rings. The van der Waals surface area contributed by atoms with E-state index in [2.05, 4.69) is 11.8 Å². The van der Waals surface area contributed by atoms with Crippen molar-refractivity contribution < 1.29 is 9.90 Å². The maximum Gasteiger partial charge on any atom is 0.336 e. The Kier molecular flexibility index (Phi) is 4.37. The fourth-order valence-electron chi connectivity index (χ4n) is 2.81. The molecule has 0 amide bonds. The molecule has 1 atom stereocenters. The SMILES string of the molecule is CCCC1CCN(Cc2ccccc2C(=O)O)C1. The first-order chi connectivity index (χ1) is 8.70. The number of hydrogen-bond donors (Lipinski definition) is 1. The number of carbonyl (C=O) groups is 1. The average molecular weight is 247 g/mol.